The van der Waals surface area contributed by atoms with Gasteiger partial charge >= 0.3 is 11.9 Å². The standard InChI is InChI=1S/C16H26N2O7S2/c1-9(19)17-13(15(21)22)7-26-5-11-3-4-12(25-11)6-27-8-14(16(23)24)18-10(2)20/h11-14H,3-8H2,1-2H3,(H,17,19)(H,18,20)(H,21,22)(H,23,24). The van der Waals surface area contributed by atoms with E-state index in [4.69, 9.17) is 14.9 Å². The van der Waals surface area contributed by atoms with Crippen molar-refractivity contribution in [3.05, 3.63) is 0 Å². The largest absolute Gasteiger partial charge is 0.480 e. The third-order valence-corrected chi connectivity index (χ3v) is 6.08. The van der Waals surface area contributed by atoms with Gasteiger partial charge in [0.2, 0.25) is 11.8 Å². The number of hydrogen-bond donors (Lipinski definition) is 4. The molecule has 9 nitrogen and oxygen atoms in total. The van der Waals surface area contributed by atoms with E-state index in [-0.39, 0.29) is 35.5 Å². The van der Waals surface area contributed by atoms with Crippen LogP contribution in [0, 0.1) is 0 Å². The molecular formula is C16H26N2O7S2. The average Bonchev–Trinajstić information content (AvgIpc) is 2.99. The number of aliphatic carboxylic acids is 2. The molecule has 0 aromatic rings. The van der Waals surface area contributed by atoms with Crippen LogP contribution in [0.15, 0.2) is 0 Å². The van der Waals surface area contributed by atoms with Gasteiger partial charge in [0.1, 0.15) is 12.1 Å². The van der Waals surface area contributed by atoms with E-state index in [1.807, 2.05) is 0 Å². The highest BCUT2D eigenvalue weighted by Gasteiger charge is 2.27. The zero-order chi connectivity index (χ0) is 20.4. The second-order valence-corrected chi connectivity index (χ2v) is 8.36. The normalized spacial score (nSPS) is 21.3. The highest BCUT2D eigenvalue weighted by Crippen LogP contribution is 2.25. The van der Waals surface area contributed by atoms with Crippen molar-refractivity contribution in [3.8, 4) is 0 Å². The van der Waals surface area contributed by atoms with Gasteiger partial charge < -0.3 is 25.6 Å². The fourth-order valence-electron chi connectivity index (χ4n) is 2.50. The molecule has 4 N–H and O–H groups in total. The third-order valence-electron chi connectivity index (χ3n) is 3.72. The number of carboxylic acid groups (broad SMARTS) is 2. The second kappa shape index (κ2) is 12.1. The number of carboxylic acids is 2. The molecule has 1 fully saturated rings. The Hall–Kier alpha value is -1.46. The minimum Gasteiger partial charge on any atom is -0.480 e. The Balaban J connectivity index is 2.25. The minimum absolute atomic E-state index is 0.0120. The lowest BCUT2D eigenvalue weighted by molar-refractivity contribution is -0.141. The number of nitrogens with one attached hydrogen (secondary N) is 2. The van der Waals surface area contributed by atoms with Gasteiger partial charge in [0.15, 0.2) is 0 Å². The number of carbonyl (C=O) groups is 4. The molecule has 2 amide bonds. The van der Waals surface area contributed by atoms with Crippen molar-refractivity contribution < 1.29 is 34.1 Å². The molecule has 0 aromatic carbocycles. The monoisotopic (exact) mass is 422 g/mol. The quantitative estimate of drug-likeness (QED) is 0.346. The van der Waals surface area contributed by atoms with Gasteiger partial charge in [-0.25, -0.2) is 9.59 Å². The first-order chi connectivity index (χ1) is 12.7. The van der Waals surface area contributed by atoms with Crippen LogP contribution in [-0.2, 0) is 23.9 Å². The Labute approximate surface area is 166 Å². The van der Waals surface area contributed by atoms with Crippen molar-refractivity contribution in [2.75, 3.05) is 23.0 Å². The van der Waals surface area contributed by atoms with Gasteiger partial charge in [-0.15, -0.1) is 0 Å². The van der Waals surface area contributed by atoms with E-state index >= 15 is 0 Å². The Morgan fingerprint density at radius 3 is 1.56 bits per heavy atom. The molecule has 4 unspecified atom stereocenters. The van der Waals surface area contributed by atoms with Crippen LogP contribution in [0.3, 0.4) is 0 Å². The Bertz CT molecular complexity index is 501. The summed E-state index contributed by atoms with van der Waals surface area (Å²) >= 11 is 2.84. The molecule has 1 saturated heterocycles. The van der Waals surface area contributed by atoms with Crippen LogP contribution >= 0.6 is 23.5 Å². The number of thioether (sulfide) groups is 2. The maximum absolute atomic E-state index is 11.1. The van der Waals surface area contributed by atoms with Gasteiger partial charge in [-0.05, 0) is 12.8 Å². The molecule has 1 aliphatic rings. The molecular weight excluding hydrogens is 396 g/mol. The van der Waals surface area contributed by atoms with Crippen molar-refractivity contribution in [1.29, 1.82) is 0 Å². The fourth-order valence-corrected chi connectivity index (χ4v) is 4.71. The highest BCUT2D eigenvalue weighted by atomic mass is 32.2. The first kappa shape index (κ1) is 23.6. The lowest BCUT2D eigenvalue weighted by atomic mass is 10.2. The Kier molecular flexibility index (Phi) is 10.6. The number of amides is 2. The summed E-state index contributed by atoms with van der Waals surface area (Å²) < 4.78 is 5.90. The van der Waals surface area contributed by atoms with E-state index in [1.54, 1.807) is 0 Å². The zero-order valence-corrected chi connectivity index (χ0v) is 16.9. The maximum Gasteiger partial charge on any atom is 0.327 e. The summed E-state index contributed by atoms with van der Waals surface area (Å²) in [5.41, 5.74) is 0. The molecule has 27 heavy (non-hydrogen) atoms. The molecule has 0 spiro atoms. The summed E-state index contributed by atoms with van der Waals surface area (Å²) in [7, 11) is 0. The van der Waals surface area contributed by atoms with Gasteiger partial charge in [-0.3, -0.25) is 9.59 Å². The lowest BCUT2D eigenvalue weighted by Gasteiger charge is -2.17. The predicted octanol–water partition coefficient (Wildman–Crippen LogP) is 0.179. The Morgan fingerprint density at radius 2 is 1.26 bits per heavy atom. The Morgan fingerprint density at radius 1 is 0.889 bits per heavy atom. The summed E-state index contributed by atoms with van der Waals surface area (Å²) in [4.78, 5) is 44.1. The molecule has 154 valence electrons. The summed E-state index contributed by atoms with van der Waals surface area (Å²) in [5.74, 6) is -1.08. The van der Waals surface area contributed by atoms with Crippen LogP contribution < -0.4 is 10.6 Å². The summed E-state index contributed by atoms with van der Waals surface area (Å²) in [6.45, 7) is 2.56. The van der Waals surface area contributed by atoms with E-state index in [2.05, 4.69) is 10.6 Å². The van der Waals surface area contributed by atoms with Crippen LogP contribution in [-0.4, -0.2) is 81.3 Å². The van der Waals surface area contributed by atoms with Gasteiger partial charge in [-0.1, -0.05) is 0 Å². The van der Waals surface area contributed by atoms with Gasteiger partial charge in [0.05, 0.1) is 12.2 Å². The van der Waals surface area contributed by atoms with Gasteiger partial charge in [0.25, 0.3) is 0 Å². The SMILES string of the molecule is CC(=O)NC(CSCC1CCC(CSCC(NC(C)=O)C(=O)O)O1)C(=O)O. The number of carbonyl (C=O) groups excluding carboxylic acids is 2. The smallest absolute Gasteiger partial charge is 0.327 e. The van der Waals surface area contributed by atoms with Crippen LogP contribution in [0.4, 0.5) is 0 Å². The van der Waals surface area contributed by atoms with E-state index < -0.39 is 24.0 Å². The van der Waals surface area contributed by atoms with E-state index in [1.165, 1.54) is 37.4 Å². The maximum atomic E-state index is 11.1. The average molecular weight is 423 g/mol. The predicted molar refractivity (Wildman–Crippen MR) is 103 cm³/mol. The van der Waals surface area contributed by atoms with E-state index in [9.17, 15) is 19.2 Å². The van der Waals surface area contributed by atoms with Crippen LogP contribution in [0.25, 0.3) is 0 Å². The number of hydrogen-bond acceptors (Lipinski definition) is 7. The fraction of sp³-hybridized carbons (Fsp3) is 0.750. The number of rotatable bonds is 12. The molecule has 0 radical (unpaired) electrons. The molecule has 1 rings (SSSR count). The summed E-state index contributed by atoms with van der Waals surface area (Å²) in [5, 5.41) is 22.9. The number of ether oxygens (including phenoxy) is 1. The molecule has 1 heterocycles. The van der Waals surface area contributed by atoms with Crippen molar-refractivity contribution in [1.82, 2.24) is 10.6 Å². The van der Waals surface area contributed by atoms with Crippen LogP contribution in [0.1, 0.15) is 26.7 Å². The van der Waals surface area contributed by atoms with Gasteiger partial charge in [-0.2, -0.15) is 23.5 Å². The first-order valence-electron chi connectivity index (χ1n) is 8.49. The van der Waals surface area contributed by atoms with Crippen LogP contribution in [0.2, 0.25) is 0 Å². The third kappa shape index (κ3) is 9.87. The molecule has 0 aliphatic carbocycles. The molecule has 0 saturated carbocycles. The van der Waals surface area contributed by atoms with Crippen molar-refractivity contribution in [2.45, 2.75) is 51.0 Å². The first-order valence-corrected chi connectivity index (χ1v) is 10.8. The molecule has 0 aromatic heterocycles. The summed E-state index contributed by atoms with van der Waals surface area (Å²) in [6.07, 6.45) is 1.73. The van der Waals surface area contributed by atoms with E-state index in [0.29, 0.717) is 11.5 Å². The highest BCUT2D eigenvalue weighted by molar-refractivity contribution is 7.99. The lowest BCUT2D eigenvalue weighted by Crippen LogP contribution is -2.41. The molecule has 11 heteroatoms. The van der Waals surface area contributed by atoms with Crippen molar-refractivity contribution in [2.24, 2.45) is 0 Å². The molecule has 1 aliphatic heterocycles. The molecule has 4 atom stereocenters. The van der Waals surface area contributed by atoms with Gasteiger partial charge in [0, 0.05) is 36.9 Å². The topological polar surface area (TPSA) is 142 Å². The van der Waals surface area contributed by atoms with Crippen LogP contribution in [0.5, 0.6) is 0 Å². The second-order valence-electron chi connectivity index (χ2n) is 6.22. The van der Waals surface area contributed by atoms with Crippen molar-refractivity contribution in [3.63, 3.8) is 0 Å². The zero-order valence-electron chi connectivity index (χ0n) is 15.3. The summed E-state index contributed by atoms with van der Waals surface area (Å²) in [6, 6.07) is -1.83. The molecule has 0 bridgehead atoms. The van der Waals surface area contributed by atoms with E-state index in [0.717, 1.165) is 12.8 Å². The van der Waals surface area contributed by atoms with Crippen molar-refractivity contribution >= 4 is 47.3 Å². The minimum atomic E-state index is -1.06.